The Bertz CT molecular complexity index is 273. The number of carbonyl (C=O) groups excluding carboxylic acids is 2. The fourth-order valence-corrected chi connectivity index (χ4v) is 1.83. The van der Waals surface area contributed by atoms with Gasteiger partial charge in [0, 0.05) is 13.6 Å². The summed E-state index contributed by atoms with van der Waals surface area (Å²) in [5.41, 5.74) is 0. The predicted molar refractivity (Wildman–Crippen MR) is 66.5 cm³/mol. The Morgan fingerprint density at radius 2 is 2.18 bits per heavy atom. The Morgan fingerprint density at radius 1 is 1.47 bits per heavy atom. The van der Waals surface area contributed by atoms with Crippen LogP contribution >= 0.6 is 0 Å². The van der Waals surface area contributed by atoms with Crippen molar-refractivity contribution in [3.8, 4) is 0 Å². The molecule has 1 aliphatic rings. The number of hydrogen-bond donors (Lipinski definition) is 2. The van der Waals surface area contributed by atoms with E-state index in [0.29, 0.717) is 12.5 Å². The number of nitrogens with zero attached hydrogens (tertiary/aromatic N) is 1. The molecule has 5 nitrogen and oxygen atoms in total. The Morgan fingerprint density at radius 3 is 2.71 bits per heavy atom. The molecule has 1 saturated heterocycles. The summed E-state index contributed by atoms with van der Waals surface area (Å²) in [6.45, 7) is 5.77. The number of carbonyl (C=O) groups is 2. The second kappa shape index (κ2) is 6.59. The number of hydrogen-bond acceptors (Lipinski definition) is 3. The Kier molecular flexibility index (Phi) is 5.41. The largest absolute Gasteiger partial charge is 0.354 e. The van der Waals surface area contributed by atoms with Gasteiger partial charge in [0.05, 0.1) is 12.6 Å². The van der Waals surface area contributed by atoms with Crippen LogP contribution in [0.3, 0.4) is 0 Å². The average molecular weight is 241 g/mol. The van der Waals surface area contributed by atoms with Crippen LogP contribution in [0, 0.1) is 5.92 Å². The first kappa shape index (κ1) is 14.0. The summed E-state index contributed by atoms with van der Waals surface area (Å²) in [4.78, 5) is 25.0. The van der Waals surface area contributed by atoms with Crippen LogP contribution in [0.5, 0.6) is 0 Å². The highest BCUT2D eigenvalue weighted by Gasteiger charge is 2.25. The summed E-state index contributed by atoms with van der Waals surface area (Å²) < 4.78 is 0. The molecular formula is C12H23N3O2. The van der Waals surface area contributed by atoms with Crippen molar-refractivity contribution in [2.45, 2.75) is 32.7 Å². The summed E-state index contributed by atoms with van der Waals surface area (Å²) >= 11 is 0. The molecule has 1 fully saturated rings. The van der Waals surface area contributed by atoms with E-state index < -0.39 is 0 Å². The second-order valence-corrected chi connectivity index (χ2v) is 5.04. The Hall–Kier alpha value is -1.10. The zero-order valence-electron chi connectivity index (χ0n) is 11.0. The lowest BCUT2D eigenvalue weighted by atomic mass is 10.2. The summed E-state index contributed by atoms with van der Waals surface area (Å²) in [5, 5.41) is 5.94. The van der Waals surface area contributed by atoms with Gasteiger partial charge in [0.1, 0.15) is 0 Å². The van der Waals surface area contributed by atoms with Crippen LogP contribution in [0.15, 0.2) is 0 Å². The minimum atomic E-state index is -0.0992. The molecule has 0 radical (unpaired) electrons. The maximum Gasteiger partial charge on any atom is 0.239 e. The van der Waals surface area contributed by atoms with Crippen LogP contribution in [0.25, 0.3) is 0 Å². The van der Waals surface area contributed by atoms with Crippen LogP contribution in [-0.4, -0.2) is 49.4 Å². The monoisotopic (exact) mass is 241 g/mol. The molecule has 0 aliphatic carbocycles. The van der Waals surface area contributed by atoms with Gasteiger partial charge in [-0.25, -0.2) is 0 Å². The molecule has 0 unspecified atom stereocenters. The van der Waals surface area contributed by atoms with E-state index in [4.69, 9.17) is 0 Å². The Labute approximate surface area is 103 Å². The molecule has 1 aliphatic heterocycles. The van der Waals surface area contributed by atoms with Crippen molar-refractivity contribution in [3.05, 3.63) is 0 Å². The zero-order chi connectivity index (χ0) is 12.8. The molecule has 0 spiro atoms. The number of rotatable bonds is 5. The molecule has 0 aromatic rings. The van der Waals surface area contributed by atoms with E-state index in [1.807, 2.05) is 13.8 Å². The first-order chi connectivity index (χ1) is 8.00. The van der Waals surface area contributed by atoms with Gasteiger partial charge >= 0.3 is 0 Å². The van der Waals surface area contributed by atoms with Gasteiger partial charge in [0.2, 0.25) is 11.8 Å². The highest BCUT2D eigenvalue weighted by Crippen LogP contribution is 2.07. The molecule has 98 valence electrons. The molecule has 2 N–H and O–H groups in total. The van der Waals surface area contributed by atoms with E-state index in [2.05, 4.69) is 10.6 Å². The van der Waals surface area contributed by atoms with Gasteiger partial charge in [-0.2, -0.15) is 0 Å². The van der Waals surface area contributed by atoms with Crippen molar-refractivity contribution in [1.29, 1.82) is 0 Å². The smallest absolute Gasteiger partial charge is 0.239 e. The normalized spacial score (nSPS) is 19.4. The highest BCUT2D eigenvalue weighted by molar-refractivity contribution is 5.87. The van der Waals surface area contributed by atoms with Gasteiger partial charge in [-0.15, -0.1) is 0 Å². The fraction of sp³-hybridized carbons (Fsp3) is 0.833. The predicted octanol–water partition coefficient (Wildman–Crippen LogP) is -0.0310. The standard InChI is InChI=1S/C12H23N3O2/c1-9(2)7-14-11(16)8-15(3)12(17)10-5-4-6-13-10/h9-10,13H,4-8H2,1-3H3,(H,14,16)/t10-/m0/s1. The molecule has 0 saturated carbocycles. The average Bonchev–Trinajstić information content (AvgIpc) is 2.78. The molecular weight excluding hydrogens is 218 g/mol. The van der Waals surface area contributed by atoms with Crippen molar-refractivity contribution in [1.82, 2.24) is 15.5 Å². The van der Waals surface area contributed by atoms with E-state index in [1.54, 1.807) is 7.05 Å². The van der Waals surface area contributed by atoms with Gasteiger partial charge in [-0.05, 0) is 25.3 Å². The van der Waals surface area contributed by atoms with Crippen LogP contribution in [-0.2, 0) is 9.59 Å². The summed E-state index contributed by atoms with van der Waals surface area (Å²) in [6.07, 6.45) is 1.90. The van der Waals surface area contributed by atoms with Gasteiger partial charge < -0.3 is 15.5 Å². The van der Waals surface area contributed by atoms with Crippen molar-refractivity contribution in [2.24, 2.45) is 5.92 Å². The molecule has 5 heteroatoms. The molecule has 0 aromatic carbocycles. The minimum absolute atomic E-state index is 0.0159. The van der Waals surface area contributed by atoms with E-state index in [0.717, 1.165) is 19.4 Å². The van der Waals surface area contributed by atoms with Gasteiger partial charge in [0.25, 0.3) is 0 Å². The minimum Gasteiger partial charge on any atom is -0.354 e. The number of amides is 2. The molecule has 2 amide bonds. The SMILES string of the molecule is CC(C)CNC(=O)CN(C)C(=O)[C@@H]1CCCN1. The lowest BCUT2D eigenvalue weighted by molar-refractivity contribution is -0.136. The molecule has 1 atom stereocenters. The van der Waals surface area contributed by atoms with Gasteiger partial charge in [-0.1, -0.05) is 13.8 Å². The highest BCUT2D eigenvalue weighted by atomic mass is 16.2. The lowest BCUT2D eigenvalue weighted by Crippen LogP contribution is -2.46. The molecule has 0 bridgehead atoms. The summed E-state index contributed by atoms with van der Waals surface area (Å²) in [6, 6.07) is -0.0992. The zero-order valence-corrected chi connectivity index (χ0v) is 11.0. The third kappa shape index (κ3) is 4.73. The van der Waals surface area contributed by atoms with Crippen LogP contribution in [0.1, 0.15) is 26.7 Å². The van der Waals surface area contributed by atoms with Crippen molar-refractivity contribution in [2.75, 3.05) is 26.7 Å². The van der Waals surface area contributed by atoms with Crippen LogP contribution in [0.2, 0.25) is 0 Å². The topological polar surface area (TPSA) is 61.4 Å². The van der Waals surface area contributed by atoms with E-state index in [-0.39, 0.29) is 24.4 Å². The van der Waals surface area contributed by atoms with E-state index in [1.165, 1.54) is 4.90 Å². The Balaban J connectivity index is 2.29. The molecule has 17 heavy (non-hydrogen) atoms. The summed E-state index contributed by atoms with van der Waals surface area (Å²) in [7, 11) is 1.68. The van der Waals surface area contributed by atoms with Crippen LogP contribution < -0.4 is 10.6 Å². The maximum atomic E-state index is 11.9. The first-order valence-corrected chi connectivity index (χ1v) is 6.25. The number of likely N-dealkylation sites (N-methyl/N-ethyl adjacent to an activating group) is 1. The van der Waals surface area contributed by atoms with Gasteiger partial charge in [-0.3, -0.25) is 9.59 Å². The van der Waals surface area contributed by atoms with E-state index >= 15 is 0 Å². The van der Waals surface area contributed by atoms with Crippen molar-refractivity contribution in [3.63, 3.8) is 0 Å². The molecule has 1 rings (SSSR count). The first-order valence-electron chi connectivity index (χ1n) is 6.25. The second-order valence-electron chi connectivity index (χ2n) is 5.04. The van der Waals surface area contributed by atoms with Crippen molar-refractivity contribution < 1.29 is 9.59 Å². The summed E-state index contributed by atoms with van der Waals surface area (Å²) in [5.74, 6) is 0.353. The lowest BCUT2D eigenvalue weighted by Gasteiger charge is -2.20. The third-order valence-electron chi connectivity index (χ3n) is 2.82. The van der Waals surface area contributed by atoms with Gasteiger partial charge in [0.15, 0.2) is 0 Å². The molecule has 0 aromatic heterocycles. The number of nitrogens with one attached hydrogen (secondary N) is 2. The fourth-order valence-electron chi connectivity index (χ4n) is 1.83. The quantitative estimate of drug-likeness (QED) is 0.710. The third-order valence-corrected chi connectivity index (χ3v) is 2.82. The van der Waals surface area contributed by atoms with Crippen LogP contribution in [0.4, 0.5) is 0 Å². The van der Waals surface area contributed by atoms with Crippen molar-refractivity contribution >= 4 is 11.8 Å². The maximum absolute atomic E-state index is 11.9. The van der Waals surface area contributed by atoms with E-state index in [9.17, 15) is 9.59 Å². The molecule has 1 heterocycles.